The number of rotatable bonds is 3. The molecule has 0 unspecified atom stereocenters. The van der Waals surface area contributed by atoms with Gasteiger partial charge in [0.05, 0.1) is 12.6 Å². The fraction of sp³-hybridized carbons (Fsp3) is 0.286. The van der Waals surface area contributed by atoms with Crippen LogP contribution in [-0.4, -0.2) is 27.9 Å². The first kappa shape index (κ1) is 10.0. The molecule has 7 nitrogen and oxygen atoms in total. The molecule has 1 rings (SSSR count). The van der Waals surface area contributed by atoms with Gasteiger partial charge in [0.25, 0.3) is 5.56 Å². The van der Waals surface area contributed by atoms with E-state index in [9.17, 15) is 14.4 Å². The largest absolute Gasteiger partial charge is 0.481 e. The number of hydrogen-bond donors (Lipinski definition) is 2. The van der Waals surface area contributed by atoms with Crippen molar-refractivity contribution in [3.05, 3.63) is 32.6 Å². The minimum Gasteiger partial charge on any atom is -0.481 e. The lowest BCUT2D eigenvalue weighted by atomic mass is 10.2. The molecule has 0 fully saturated rings. The van der Waals surface area contributed by atoms with Gasteiger partial charge in [0.1, 0.15) is 7.11 Å². The Morgan fingerprint density at radius 2 is 2.29 bits per heavy atom. The van der Waals surface area contributed by atoms with Gasteiger partial charge in [-0.2, -0.15) is 0 Å². The Labute approximate surface area is 77.5 Å². The van der Waals surface area contributed by atoms with E-state index in [2.05, 4.69) is 4.84 Å². The van der Waals surface area contributed by atoms with Crippen LogP contribution in [0.3, 0.4) is 0 Å². The molecule has 0 spiro atoms. The Balaban J connectivity index is 3.24. The maximum absolute atomic E-state index is 11.1. The molecule has 1 heterocycles. The van der Waals surface area contributed by atoms with Gasteiger partial charge >= 0.3 is 11.7 Å². The van der Waals surface area contributed by atoms with E-state index in [-0.39, 0.29) is 5.56 Å². The van der Waals surface area contributed by atoms with E-state index in [1.165, 1.54) is 7.11 Å². The number of aromatic amines is 1. The van der Waals surface area contributed by atoms with Crippen LogP contribution in [0, 0.1) is 0 Å². The minimum absolute atomic E-state index is 0.0426. The summed E-state index contributed by atoms with van der Waals surface area (Å²) in [5.41, 5.74) is -1.50. The second-order valence-electron chi connectivity index (χ2n) is 2.49. The van der Waals surface area contributed by atoms with Gasteiger partial charge in [-0.3, -0.25) is 14.6 Å². The normalized spacial score (nSPS) is 9.79. The number of hydrogen-bond acceptors (Lipinski definition) is 4. The molecular weight excluding hydrogens is 192 g/mol. The van der Waals surface area contributed by atoms with E-state index in [1.807, 2.05) is 4.98 Å². The first-order valence-electron chi connectivity index (χ1n) is 3.65. The summed E-state index contributed by atoms with van der Waals surface area (Å²) in [6.07, 6.45) is 0.592. The summed E-state index contributed by atoms with van der Waals surface area (Å²) in [4.78, 5) is 38.8. The molecule has 0 aliphatic rings. The van der Waals surface area contributed by atoms with Crippen molar-refractivity contribution >= 4 is 5.97 Å². The summed E-state index contributed by atoms with van der Waals surface area (Å²) in [6, 6.07) is 0. The fourth-order valence-corrected chi connectivity index (χ4v) is 0.916. The highest BCUT2D eigenvalue weighted by Crippen LogP contribution is 1.88. The molecule has 0 saturated heterocycles. The third kappa shape index (κ3) is 2.00. The molecule has 0 aliphatic carbocycles. The predicted octanol–water partition coefficient (Wildman–Crippen LogP) is -1.78. The van der Waals surface area contributed by atoms with Crippen LogP contribution in [-0.2, 0) is 11.2 Å². The molecule has 0 saturated carbocycles. The number of carboxylic acids is 1. The van der Waals surface area contributed by atoms with Crippen LogP contribution in [0.5, 0.6) is 0 Å². The molecule has 76 valence electrons. The molecule has 0 atom stereocenters. The number of aliphatic carboxylic acids is 1. The summed E-state index contributed by atoms with van der Waals surface area (Å²) in [5.74, 6) is -1.16. The first-order valence-corrected chi connectivity index (χ1v) is 3.65. The lowest BCUT2D eigenvalue weighted by Crippen LogP contribution is -2.34. The molecular formula is C7H8N2O5. The van der Waals surface area contributed by atoms with Crippen molar-refractivity contribution in [3.63, 3.8) is 0 Å². The zero-order valence-electron chi connectivity index (χ0n) is 7.31. The van der Waals surface area contributed by atoms with Gasteiger partial charge < -0.3 is 9.94 Å². The number of nitrogens with one attached hydrogen (secondary N) is 1. The zero-order chi connectivity index (χ0) is 10.7. The van der Waals surface area contributed by atoms with Gasteiger partial charge in [-0.25, -0.2) is 4.79 Å². The van der Waals surface area contributed by atoms with Crippen LogP contribution in [0.4, 0.5) is 0 Å². The fourth-order valence-electron chi connectivity index (χ4n) is 0.916. The minimum atomic E-state index is -1.16. The average molecular weight is 200 g/mol. The van der Waals surface area contributed by atoms with Crippen molar-refractivity contribution in [1.29, 1.82) is 0 Å². The maximum atomic E-state index is 11.1. The summed E-state index contributed by atoms with van der Waals surface area (Å²) in [6.45, 7) is 0. The third-order valence-electron chi connectivity index (χ3n) is 1.52. The van der Waals surface area contributed by atoms with Crippen molar-refractivity contribution in [2.24, 2.45) is 0 Å². The smallest absolute Gasteiger partial charge is 0.361 e. The summed E-state index contributed by atoms with van der Waals surface area (Å²) in [7, 11) is 1.23. The molecule has 7 heteroatoms. The van der Waals surface area contributed by atoms with Crippen molar-refractivity contribution in [2.45, 2.75) is 6.42 Å². The topological polar surface area (TPSA) is 101 Å². The van der Waals surface area contributed by atoms with Gasteiger partial charge in [-0.05, 0) is 0 Å². The van der Waals surface area contributed by atoms with Crippen LogP contribution >= 0.6 is 0 Å². The first-order chi connectivity index (χ1) is 6.54. The summed E-state index contributed by atoms with van der Waals surface area (Å²) < 4.78 is 0.750. The number of carbonyl (C=O) groups is 1. The number of H-pyrrole nitrogens is 1. The van der Waals surface area contributed by atoms with E-state index >= 15 is 0 Å². The number of carboxylic acid groups (broad SMARTS) is 1. The highest BCUT2D eigenvalue weighted by atomic mass is 16.6. The van der Waals surface area contributed by atoms with E-state index in [0.717, 1.165) is 10.9 Å². The second kappa shape index (κ2) is 3.77. The molecule has 0 aliphatic heterocycles. The van der Waals surface area contributed by atoms with Crippen LogP contribution in [0.1, 0.15) is 5.56 Å². The van der Waals surface area contributed by atoms with Crippen LogP contribution < -0.4 is 16.1 Å². The average Bonchev–Trinajstić information content (AvgIpc) is 2.09. The molecule has 14 heavy (non-hydrogen) atoms. The second-order valence-corrected chi connectivity index (χ2v) is 2.49. The van der Waals surface area contributed by atoms with Crippen LogP contribution in [0.15, 0.2) is 15.8 Å². The highest BCUT2D eigenvalue weighted by Gasteiger charge is 2.08. The van der Waals surface area contributed by atoms with E-state index in [0.29, 0.717) is 0 Å². The quantitative estimate of drug-likeness (QED) is 0.600. The van der Waals surface area contributed by atoms with Crippen LogP contribution in [0.2, 0.25) is 0 Å². The van der Waals surface area contributed by atoms with Gasteiger partial charge in [0.15, 0.2) is 0 Å². The SMILES string of the molecule is COn1cc(CC(=O)O)c(=O)[nH]c1=O. The maximum Gasteiger partial charge on any atom is 0.361 e. The Morgan fingerprint density at radius 1 is 1.64 bits per heavy atom. The van der Waals surface area contributed by atoms with Gasteiger partial charge in [0.2, 0.25) is 0 Å². The van der Waals surface area contributed by atoms with Crippen molar-refractivity contribution in [2.75, 3.05) is 7.11 Å². The molecule has 1 aromatic rings. The molecule has 0 bridgehead atoms. The molecule has 2 N–H and O–H groups in total. The predicted molar refractivity (Wildman–Crippen MR) is 45.2 cm³/mol. The van der Waals surface area contributed by atoms with Crippen molar-refractivity contribution in [1.82, 2.24) is 9.71 Å². The van der Waals surface area contributed by atoms with Gasteiger partial charge in [-0.15, -0.1) is 4.73 Å². The molecule has 0 aromatic carbocycles. The Hall–Kier alpha value is -2.05. The Kier molecular flexibility index (Phi) is 2.70. The Morgan fingerprint density at radius 3 is 2.79 bits per heavy atom. The number of nitrogens with zero attached hydrogens (tertiary/aromatic N) is 1. The molecule has 0 radical (unpaired) electrons. The zero-order valence-corrected chi connectivity index (χ0v) is 7.31. The molecule has 1 aromatic heterocycles. The van der Waals surface area contributed by atoms with Gasteiger partial charge in [0, 0.05) is 5.56 Å². The van der Waals surface area contributed by atoms with E-state index in [1.54, 1.807) is 0 Å². The summed E-state index contributed by atoms with van der Waals surface area (Å²) >= 11 is 0. The monoisotopic (exact) mass is 200 g/mol. The standard InChI is InChI=1S/C7H8N2O5/c1-14-9-3-4(2-5(10)11)6(12)8-7(9)13/h3H,2H2,1H3,(H,10,11)(H,8,12,13). The van der Waals surface area contributed by atoms with Crippen molar-refractivity contribution in [3.8, 4) is 0 Å². The molecule has 0 amide bonds. The van der Waals surface area contributed by atoms with E-state index in [4.69, 9.17) is 5.11 Å². The third-order valence-corrected chi connectivity index (χ3v) is 1.52. The van der Waals surface area contributed by atoms with Crippen LogP contribution in [0.25, 0.3) is 0 Å². The summed E-state index contributed by atoms with van der Waals surface area (Å²) in [5, 5.41) is 8.44. The lowest BCUT2D eigenvalue weighted by molar-refractivity contribution is -0.136. The lowest BCUT2D eigenvalue weighted by Gasteiger charge is -2.02. The number of aromatic nitrogens is 2. The Bertz CT molecular complexity index is 458. The van der Waals surface area contributed by atoms with E-state index < -0.39 is 23.6 Å². The van der Waals surface area contributed by atoms with Crippen molar-refractivity contribution < 1.29 is 14.7 Å². The highest BCUT2D eigenvalue weighted by molar-refractivity contribution is 5.69. The van der Waals surface area contributed by atoms with Gasteiger partial charge in [-0.1, -0.05) is 0 Å².